The van der Waals surface area contributed by atoms with E-state index in [1.807, 2.05) is 0 Å². The van der Waals surface area contributed by atoms with Crippen molar-refractivity contribution in [1.82, 2.24) is 10.3 Å². The summed E-state index contributed by atoms with van der Waals surface area (Å²) in [5, 5.41) is 3.08. The number of hydrogen-bond acceptors (Lipinski definition) is 3. The standard InChI is InChI=1S/C26H25F2N3O2/c27-19-11-9-18(10-12-19)24(25(32)30-21-6-2-1-3-7-21)31(22-15-13-20(28)14-16-22)26(33)23-8-4-5-17-29-23/h4-5,8-17,21,24H,1-3,6-7H2,(H,30,32)/t24-/m1/s1. The van der Waals surface area contributed by atoms with Crippen LogP contribution in [0.15, 0.2) is 72.9 Å². The molecule has 0 bridgehead atoms. The maximum absolute atomic E-state index is 13.7. The van der Waals surface area contributed by atoms with E-state index in [2.05, 4.69) is 10.3 Å². The van der Waals surface area contributed by atoms with Gasteiger partial charge in [-0.3, -0.25) is 19.5 Å². The van der Waals surface area contributed by atoms with Crippen molar-refractivity contribution in [3.05, 3.63) is 95.8 Å². The van der Waals surface area contributed by atoms with Crippen LogP contribution >= 0.6 is 0 Å². The van der Waals surface area contributed by atoms with E-state index in [-0.39, 0.29) is 17.6 Å². The lowest BCUT2D eigenvalue weighted by molar-refractivity contribution is -0.123. The number of amides is 2. The summed E-state index contributed by atoms with van der Waals surface area (Å²) in [6, 6.07) is 14.7. The number of halogens is 2. The van der Waals surface area contributed by atoms with E-state index < -0.39 is 23.6 Å². The van der Waals surface area contributed by atoms with Gasteiger partial charge in [0, 0.05) is 17.9 Å². The maximum Gasteiger partial charge on any atom is 0.277 e. The lowest BCUT2D eigenvalue weighted by Gasteiger charge is -2.33. The lowest BCUT2D eigenvalue weighted by Crippen LogP contribution is -2.47. The van der Waals surface area contributed by atoms with E-state index in [0.717, 1.165) is 32.1 Å². The third-order valence-electron chi connectivity index (χ3n) is 5.85. The molecule has 1 aromatic heterocycles. The van der Waals surface area contributed by atoms with Crippen molar-refractivity contribution >= 4 is 17.5 Å². The van der Waals surface area contributed by atoms with Crippen molar-refractivity contribution in [3.8, 4) is 0 Å². The molecule has 1 aliphatic rings. The van der Waals surface area contributed by atoms with Crippen LogP contribution in [0.1, 0.15) is 54.2 Å². The van der Waals surface area contributed by atoms with Crippen LogP contribution in [0.4, 0.5) is 14.5 Å². The van der Waals surface area contributed by atoms with Gasteiger partial charge in [0.1, 0.15) is 23.4 Å². The van der Waals surface area contributed by atoms with E-state index in [9.17, 15) is 18.4 Å². The summed E-state index contributed by atoms with van der Waals surface area (Å²) in [6.45, 7) is 0. The molecule has 1 fully saturated rings. The number of rotatable bonds is 6. The number of carbonyl (C=O) groups is 2. The summed E-state index contributed by atoms with van der Waals surface area (Å²) in [6.07, 6.45) is 6.42. The second-order valence-electron chi connectivity index (χ2n) is 8.16. The Kier molecular flexibility index (Phi) is 7.07. The van der Waals surface area contributed by atoms with E-state index in [4.69, 9.17) is 0 Å². The molecule has 4 rings (SSSR count). The third kappa shape index (κ3) is 5.42. The first kappa shape index (κ1) is 22.6. The molecule has 2 aromatic carbocycles. The molecule has 33 heavy (non-hydrogen) atoms. The first-order chi connectivity index (χ1) is 16.0. The van der Waals surface area contributed by atoms with Gasteiger partial charge in [-0.1, -0.05) is 37.5 Å². The fraction of sp³-hybridized carbons (Fsp3) is 0.269. The first-order valence-electron chi connectivity index (χ1n) is 11.1. The van der Waals surface area contributed by atoms with Crippen molar-refractivity contribution in [2.45, 2.75) is 44.2 Å². The third-order valence-corrected chi connectivity index (χ3v) is 5.85. The fourth-order valence-corrected chi connectivity index (χ4v) is 4.19. The predicted octanol–water partition coefficient (Wildman–Crippen LogP) is 5.20. The Morgan fingerprint density at radius 1 is 0.879 bits per heavy atom. The molecule has 170 valence electrons. The smallest absolute Gasteiger partial charge is 0.277 e. The monoisotopic (exact) mass is 449 g/mol. The highest BCUT2D eigenvalue weighted by Gasteiger charge is 2.35. The number of nitrogens with one attached hydrogen (secondary N) is 1. The first-order valence-corrected chi connectivity index (χ1v) is 11.1. The Morgan fingerprint density at radius 2 is 1.52 bits per heavy atom. The number of aromatic nitrogens is 1. The molecule has 1 heterocycles. The fourth-order valence-electron chi connectivity index (χ4n) is 4.19. The second-order valence-corrected chi connectivity index (χ2v) is 8.16. The number of hydrogen-bond donors (Lipinski definition) is 1. The van der Waals surface area contributed by atoms with E-state index >= 15 is 0 Å². The number of anilines is 1. The van der Waals surface area contributed by atoms with Gasteiger partial charge < -0.3 is 5.32 Å². The summed E-state index contributed by atoms with van der Waals surface area (Å²) >= 11 is 0. The molecular weight excluding hydrogens is 424 g/mol. The largest absolute Gasteiger partial charge is 0.351 e. The zero-order valence-corrected chi connectivity index (χ0v) is 18.1. The normalized spacial score (nSPS) is 15.0. The summed E-state index contributed by atoms with van der Waals surface area (Å²) < 4.78 is 27.4. The van der Waals surface area contributed by atoms with Crippen LogP contribution in [0.5, 0.6) is 0 Å². The molecule has 3 aromatic rings. The number of benzene rings is 2. The number of pyridine rings is 1. The van der Waals surface area contributed by atoms with Crippen LogP contribution in [0.3, 0.4) is 0 Å². The molecule has 7 heteroatoms. The van der Waals surface area contributed by atoms with Crippen molar-refractivity contribution in [2.24, 2.45) is 0 Å². The summed E-state index contributed by atoms with van der Waals surface area (Å²) in [5.74, 6) is -1.80. The molecule has 1 atom stereocenters. The van der Waals surface area contributed by atoms with Gasteiger partial charge in [-0.05, 0) is 66.9 Å². The second kappa shape index (κ2) is 10.3. The molecule has 1 N–H and O–H groups in total. The quantitative estimate of drug-likeness (QED) is 0.563. The predicted molar refractivity (Wildman–Crippen MR) is 122 cm³/mol. The minimum atomic E-state index is -1.09. The zero-order valence-electron chi connectivity index (χ0n) is 18.1. The molecule has 0 unspecified atom stereocenters. The minimum absolute atomic E-state index is 0.00854. The van der Waals surface area contributed by atoms with Gasteiger partial charge in [-0.25, -0.2) is 8.78 Å². The van der Waals surface area contributed by atoms with Gasteiger partial charge in [0.2, 0.25) is 5.91 Å². The molecule has 5 nitrogen and oxygen atoms in total. The highest BCUT2D eigenvalue weighted by Crippen LogP contribution is 2.31. The molecular formula is C26H25F2N3O2. The molecule has 1 saturated carbocycles. The van der Waals surface area contributed by atoms with Crippen molar-refractivity contribution in [1.29, 1.82) is 0 Å². The van der Waals surface area contributed by atoms with E-state index in [0.29, 0.717) is 11.3 Å². The maximum atomic E-state index is 13.7. The van der Waals surface area contributed by atoms with Crippen molar-refractivity contribution in [3.63, 3.8) is 0 Å². The molecule has 1 aliphatic carbocycles. The van der Waals surface area contributed by atoms with Gasteiger partial charge in [0.25, 0.3) is 5.91 Å². The Balaban J connectivity index is 1.79. The SMILES string of the molecule is O=C(NC1CCCCC1)[C@@H](c1ccc(F)cc1)N(C(=O)c1ccccn1)c1ccc(F)cc1. The minimum Gasteiger partial charge on any atom is -0.351 e. The Morgan fingerprint density at radius 3 is 2.12 bits per heavy atom. The van der Waals surface area contributed by atoms with Crippen molar-refractivity contribution < 1.29 is 18.4 Å². The van der Waals surface area contributed by atoms with E-state index in [1.54, 1.807) is 18.2 Å². The molecule has 0 radical (unpaired) electrons. The molecule has 0 aliphatic heterocycles. The van der Waals surface area contributed by atoms with Gasteiger partial charge in [0.15, 0.2) is 0 Å². The van der Waals surface area contributed by atoms with Crippen LogP contribution in [-0.4, -0.2) is 22.8 Å². The zero-order chi connectivity index (χ0) is 23.2. The van der Waals surface area contributed by atoms with Gasteiger partial charge in [-0.15, -0.1) is 0 Å². The summed E-state index contributed by atoms with van der Waals surface area (Å²) in [5.41, 5.74) is 0.915. The summed E-state index contributed by atoms with van der Waals surface area (Å²) in [7, 11) is 0. The topological polar surface area (TPSA) is 62.3 Å². The van der Waals surface area contributed by atoms with Crippen LogP contribution in [0.25, 0.3) is 0 Å². The van der Waals surface area contributed by atoms with Gasteiger partial charge in [0.05, 0.1) is 0 Å². The highest BCUT2D eigenvalue weighted by molar-refractivity contribution is 6.09. The van der Waals surface area contributed by atoms with E-state index in [1.165, 1.54) is 59.6 Å². The molecule has 0 spiro atoms. The average Bonchev–Trinajstić information content (AvgIpc) is 2.85. The van der Waals surface area contributed by atoms with Gasteiger partial charge in [-0.2, -0.15) is 0 Å². The van der Waals surface area contributed by atoms with Crippen LogP contribution < -0.4 is 10.2 Å². The molecule has 2 amide bonds. The molecule has 0 saturated heterocycles. The van der Waals surface area contributed by atoms with Crippen LogP contribution in [0, 0.1) is 11.6 Å². The Labute approximate surface area is 191 Å². The van der Waals surface area contributed by atoms with Crippen LogP contribution in [-0.2, 0) is 4.79 Å². The van der Waals surface area contributed by atoms with Crippen molar-refractivity contribution in [2.75, 3.05) is 4.90 Å². The Bertz CT molecular complexity index is 1080. The van der Waals surface area contributed by atoms with Crippen LogP contribution in [0.2, 0.25) is 0 Å². The summed E-state index contributed by atoms with van der Waals surface area (Å²) in [4.78, 5) is 32.7. The number of carbonyl (C=O) groups excluding carboxylic acids is 2. The number of nitrogens with zero attached hydrogens (tertiary/aromatic N) is 2. The highest BCUT2D eigenvalue weighted by atomic mass is 19.1. The van der Waals surface area contributed by atoms with Gasteiger partial charge >= 0.3 is 0 Å². The average molecular weight is 450 g/mol. The Hall–Kier alpha value is -3.61. The lowest BCUT2D eigenvalue weighted by atomic mass is 9.94.